The van der Waals surface area contributed by atoms with E-state index >= 15 is 0 Å². The molecule has 1 aromatic heterocycles. The van der Waals surface area contributed by atoms with Crippen molar-refractivity contribution in [3.63, 3.8) is 0 Å². The molecule has 0 saturated heterocycles. The second-order valence-corrected chi connectivity index (χ2v) is 4.91. The molecule has 0 aliphatic heterocycles. The van der Waals surface area contributed by atoms with E-state index in [1.165, 1.54) is 16.7 Å². The van der Waals surface area contributed by atoms with Crippen LogP contribution in [0.2, 0.25) is 0 Å². The van der Waals surface area contributed by atoms with E-state index in [9.17, 15) is 4.79 Å². The van der Waals surface area contributed by atoms with Gasteiger partial charge in [0.25, 0.3) is 0 Å². The number of carbonyl (C=O) groups excluding carboxylic acids is 1. The monoisotopic (exact) mass is 269 g/mol. The predicted molar refractivity (Wildman–Crippen MR) is 79.2 cm³/mol. The number of hydrogen-bond acceptors (Lipinski definition) is 3. The number of nitrogens with zero attached hydrogens (tertiary/aromatic N) is 1. The van der Waals surface area contributed by atoms with Crippen LogP contribution in [0.1, 0.15) is 32.6 Å². The first-order chi connectivity index (χ1) is 9.58. The van der Waals surface area contributed by atoms with Crippen molar-refractivity contribution >= 4 is 5.91 Å². The van der Waals surface area contributed by atoms with Gasteiger partial charge in [0.1, 0.15) is 0 Å². The van der Waals surface area contributed by atoms with Crippen LogP contribution in [0.3, 0.4) is 0 Å². The maximum absolute atomic E-state index is 11.1. The number of rotatable bonds is 5. The summed E-state index contributed by atoms with van der Waals surface area (Å²) in [4.78, 5) is 15.2. The summed E-state index contributed by atoms with van der Waals surface area (Å²) in [7, 11) is 0. The molecular weight excluding hydrogens is 250 g/mol. The number of primary amides is 1. The van der Waals surface area contributed by atoms with Crippen LogP contribution >= 0.6 is 0 Å². The molecule has 104 valence electrons. The molecule has 0 fully saturated rings. The van der Waals surface area contributed by atoms with Crippen molar-refractivity contribution < 1.29 is 4.79 Å². The molecule has 2 aromatic rings. The Hall–Kier alpha value is -2.20. The maximum atomic E-state index is 11.1. The molecule has 4 heteroatoms. The highest BCUT2D eigenvalue weighted by atomic mass is 16.1. The lowest BCUT2D eigenvalue weighted by atomic mass is 10.0. The number of nitrogens with one attached hydrogen (secondary N) is 1. The number of pyridine rings is 1. The predicted octanol–water partition coefficient (Wildman–Crippen LogP) is 2.09. The highest BCUT2D eigenvalue weighted by Crippen LogP contribution is 2.11. The fourth-order valence-corrected chi connectivity index (χ4v) is 2.08. The van der Waals surface area contributed by atoms with Gasteiger partial charge in [0.05, 0.1) is 0 Å². The summed E-state index contributed by atoms with van der Waals surface area (Å²) < 4.78 is 0. The summed E-state index contributed by atoms with van der Waals surface area (Å²) in [6.07, 6.45) is 3.67. The third-order valence-electron chi connectivity index (χ3n) is 3.39. The van der Waals surface area contributed by atoms with Crippen LogP contribution in [0.5, 0.6) is 0 Å². The van der Waals surface area contributed by atoms with Crippen LogP contribution in [-0.2, 0) is 13.1 Å². The van der Waals surface area contributed by atoms with E-state index in [0.717, 1.165) is 18.7 Å². The Labute approximate surface area is 119 Å². The third-order valence-corrected chi connectivity index (χ3v) is 3.39. The Morgan fingerprint density at radius 2 is 1.85 bits per heavy atom. The first-order valence-corrected chi connectivity index (χ1v) is 6.57. The van der Waals surface area contributed by atoms with Crippen molar-refractivity contribution in [1.29, 1.82) is 0 Å². The van der Waals surface area contributed by atoms with Gasteiger partial charge >= 0.3 is 0 Å². The largest absolute Gasteiger partial charge is 0.366 e. The van der Waals surface area contributed by atoms with Crippen LogP contribution in [0.4, 0.5) is 0 Å². The molecule has 0 saturated carbocycles. The number of nitrogens with two attached hydrogens (primary N) is 1. The van der Waals surface area contributed by atoms with Crippen molar-refractivity contribution in [2.24, 2.45) is 5.73 Å². The summed E-state index contributed by atoms with van der Waals surface area (Å²) in [5.41, 5.74) is 10.5. The number of amides is 1. The normalized spacial score (nSPS) is 10.5. The Morgan fingerprint density at radius 3 is 2.45 bits per heavy atom. The van der Waals surface area contributed by atoms with Gasteiger partial charge in [-0.05, 0) is 54.3 Å². The summed E-state index contributed by atoms with van der Waals surface area (Å²) in [5, 5.41) is 3.40. The minimum atomic E-state index is -0.389. The molecular formula is C16H19N3O. The minimum absolute atomic E-state index is 0.389. The molecule has 1 aromatic carbocycles. The molecule has 0 spiro atoms. The lowest BCUT2D eigenvalue weighted by Gasteiger charge is -2.10. The van der Waals surface area contributed by atoms with Crippen molar-refractivity contribution in [2.45, 2.75) is 26.9 Å². The lowest BCUT2D eigenvalue weighted by Crippen LogP contribution is -2.15. The van der Waals surface area contributed by atoms with Crippen molar-refractivity contribution in [3.8, 4) is 0 Å². The Kier molecular flexibility index (Phi) is 4.48. The summed E-state index contributed by atoms with van der Waals surface area (Å²) in [6.45, 7) is 5.59. The van der Waals surface area contributed by atoms with Gasteiger partial charge in [-0.25, -0.2) is 0 Å². The Morgan fingerprint density at radius 1 is 1.15 bits per heavy atom. The van der Waals surface area contributed by atoms with Crippen molar-refractivity contribution in [3.05, 3.63) is 64.5 Å². The van der Waals surface area contributed by atoms with Gasteiger partial charge < -0.3 is 11.1 Å². The average Bonchev–Trinajstić information content (AvgIpc) is 2.42. The molecule has 0 atom stereocenters. The number of carbonyl (C=O) groups is 1. The van der Waals surface area contributed by atoms with Crippen molar-refractivity contribution in [2.75, 3.05) is 0 Å². The fraction of sp³-hybridized carbons (Fsp3) is 0.250. The molecule has 1 amide bonds. The SMILES string of the molecule is Cc1cnccc1CNCc1ccc(C(N)=O)cc1C. The van der Waals surface area contributed by atoms with Crippen LogP contribution in [-0.4, -0.2) is 10.9 Å². The van der Waals surface area contributed by atoms with Gasteiger partial charge in [-0.1, -0.05) is 6.07 Å². The van der Waals surface area contributed by atoms with E-state index in [2.05, 4.69) is 17.2 Å². The van der Waals surface area contributed by atoms with Gasteiger partial charge in [-0.3, -0.25) is 9.78 Å². The molecule has 0 unspecified atom stereocenters. The van der Waals surface area contributed by atoms with Crippen LogP contribution in [0, 0.1) is 13.8 Å². The zero-order valence-electron chi connectivity index (χ0n) is 11.8. The fourth-order valence-electron chi connectivity index (χ4n) is 2.08. The van der Waals surface area contributed by atoms with Gasteiger partial charge in [0.2, 0.25) is 5.91 Å². The molecule has 3 N–H and O–H groups in total. The van der Waals surface area contributed by atoms with E-state index in [1.807, 2.05) is 31.3 Å². The molecule has 0 aliphatic rings. The molecule has 0 aliphatic carbocycles. The van der Waals surface area contributed by atoms with E-state index in [1.54, 1.807) is 12.3 Å². The summed E-state index contributed by atoms with van der Waals surface area (Å²) in [6, 6.07) is 7.56. The topological polar surface area (TPSA) is 68.0 Å². The highest BCUT2D eigenvalue weighted by molar-refractivity contribution is 5.93. The molecule has 20 heavy (non-hydrogen) atoms. The van der Waals surface area contributed by atoms with E-state index in [4.69, 9.17) is 5.73 Å². The first-order valence-electron chi connectivity index (χ1n) is 6.57. The minimum Gasteiger partial charge on any atom is -0.366 e. The van der Waals surface area contributed by atoms with Gasteiger partial charge in [-0.2, -0.15) is 0 Å². The first kappa shape index (κ1) is 14.2. The smallest absolute Gasteiger partial charge is 0.248 e. The van der Waals surface area contributed by atoms with Crippen molar-refractivity contribution in [1.82, 2.24) is 10.3 Å². The molecule has 1 heterocycles. The molecule has 0 bridgehead atoms. The second kappa shape index (κ2) is 6.30. The Bertz CT molecular complexity index is 623. The molecule has 2 rings (SSSR count). The number of hydrogen-bond donors (Lipinski definition) is 2. The molecule has 4 nitrogen and oxygen atoms in total. The van der Waals surface area contributed by atoms with E-state index < -0.39 is 0 Å². The van der Waals surface area contributed by atoms with Crippen LogP contribution in [0.15, 0.2) is 36.7 Å². The van der Waals surface area contributed by atoms with Crippen LogP contribution in [0.25, 0.3) is 0 Å². The van der Waals surface area contributed by atoms with E-state index in [0.29, 0.717) is 5.56 Å². The quantitative estimate of drug-likeness (QED) is 0.873. The zero-order valence-corrected chi connectivity index (χ0v) is 11.8. The number of aromatic nitrogens is 1. The zero-order chi connectivity index (χ0) is 14.5. The second-order valence-electron chi connectivity index (χ2n) is 4.91. The molecule has 0 radical (unpaired) electrons. The number of benzene rings is 1. The van der Waals surface area contributed by atoms with Gasteiger partial charge in [0, 0.05) is 31.0 Å². The average molecular weight is 269 g/mol. The third kappa shape index (κ3) is 3.42. The van der Waals surface area contributed by atoms with Gasteiger partial charge in [-0.15, -0.1) is 0 Å². The van der Waals surface area contributed by atoms with Crippen LogP contribution < -0.4 is 11.1 Å². The summed E-state index contributed by atoms with van der Waals surface area (Å²) in [5.74, 6) is -0.389. The maximum Gasteiger partial charge on any atom is 0.248 e. The number of aryl methyl sites for hydroxylation is 2. The standard InChI is InChI=1S/C16H19N3O/c1-11-7-13(16(17)20)3-4-14(11)9-19-10-15-5-6-18-8-12(15)2/h3-8,19H,9-10H2,1-2H3,(H2,17,20). The highest BCUT2D eigenvalue weighted by Gasteiger charge is 2.04. The lowest BCUT2D eigenvalue weighted by molar-refractivity contribution is 0.1000. The van der Waals surface area contributed by atoms with E-state index in [-0.39, 0.29) is 5.91 Å². The summed E-state index contributed by atoms with van der Waals surface area (Å²) >= 11 is 0. The Balaban J connectivity index is 1.98. The van der Waals surface area contributed by atoms with Gasteiger partial charge in [0.15, 0.2) is 0 Å².